The van der Waals surface area contributed by atoms with Gasteiger partial charge >= 0.3 is 0 Å². The molecule has 2 aliphatic rings. The molecule has 0 N–H and O–H groups in total. The van der Waals surface area contributed by atoms with Crippen LogP contribution in [0.15, 0.2) is 117 Å². The van der Waals surface area contributed by atoms with Crippen molar-refractivity contribution in [2.24, 2.45) is 10.8 Å². The summed E-state index contributed by atoms with van der Waals surface area (Å²) in [6, 6.07) is 0. The van der Waals surface area contributed by atoms with E-state index >= 15 is 0 Å². The predicted octanol–water partition coefficient (Wildman–Crippen LogP) is 12.8. The summed E-state index contributed by atoms with van der Waals surface area (Å²) in [6.07, 6.45) is 36.3. The summed E-state index contributed by atoms with van der Waals surface area (Å²) >= 11 is 0. The molecule has 40 heavy (non-hydrogen) atoms. The van der Waals surface area contributed by atoms with Gasteiger partial charge in [0.25, 0.3) is 0 Å². The Morgan fingerprint density at radius 1 is 0.700 bits per heavy atom. The molecule has 2 rings (SSSR count). The van der Waals surface area contributed by atoms with Gasteiger partial charge in [0.2, 0.25) is 0 Å². The minimum Gasteiger partial charge on any atom is -0.0836 e. The molecule has 0 amide bonds. The first-order chi connectivity index (χ1) is 18.8. The Bertz CT molecular complexity index is 1110. The van der Waals surface area contributed by atoms with Crippen molar-refractivity contribution < 1.29 is 0 Å². The molecule has 218 valence electrons. The topological polar surface area (TPSA) is 0 Å². The summed E-state index contributed by atoms with van der Waals surface area (Å²) in [4.78, 5) is 0. The average Bonchev–Trinajstić information content (AvgIpc) is 2.85. The molecular weight excluding hydrogens is 480 g/mol. The zero-order valence-electron chi connectivity index (χ0n) is 27.6. The second-order valence-electron chi connectivity index (χ2n) is 13.5. The van der Waals surface area contributed by atoms with E-state index in [-0.39, 0.29) is 5.41 Å². The lowest BCUT2D eigenvalue weighted by molar-refractivity contribution is 0.354. The minimum absolute atomic E-state index is 0.200. The van der Waals surface area contributed by atoms with Crippen molar-refractivity contribution in [3.8, 4) is 0 Å². The van der Waals surface area contributed by atoms with Gasteiger partial charge in [-0.3, -0.25) is 0 Å². The molecule has 0 heterocycles. The smallest absolute Gasteiger partial charge is 0.00371 e. The molecule has 0 fully saturated rings. The maximum absolute atomic E-state index is 2.42. The van der Waals surface area contributed by atoms with E-state index in [1.807, 2.05) is 0 Å². The monoisotopic (exact) mass is 538 g/mol. The predicted molar refractivity (Wildman–Crippen MR) is 181 cm³/mol. The first kappa shape index (κ1) is 33.6. The molecule has 0 saturated carbocycles. The summed E-state index contributed by atoms with van der Waals surface area (Å²) in [5.74, 6) is 0. The Kier molecular flexibility index (Phi) is 13.4. The van der Waals surface area contributed by atoms with Crippen LogP contribution >= 0.6 is 0 Å². The van der Waals surface area contributed by atoms with Gasteiger partial charge in [-0.25, -0.2) is 0 Å². The largest absolute Gasteiger partial charge is 0.0836 e. The Morgan fingerprint density at radius 3 is 1.73 bits per heavy atom. The van der Waals surface area contributed by atoms with Crippen molar-refractivity contribution in [3.05, 3.63) is 117 Å². The van der Waals surface area contributed by atoms with Crippen molar-refractivity contribution in [2.45, 2.75) is 121 Å². The van der Waals surface area contributed by atoms with E-state index in [4.69, 9.17) is 0 Å². The second kappa shape index (κ2) is 16.0. The van der Waals surface area contributed by atoms with E-state index in [2.05, 4.69) is 142 Å². The number of hydrogen-bond donors (Lipinski definition) is 0. The molecule has 0 radical (unpaired) electrons. The molecule has 0 saturated heterocycles. The molecule has 0 aromatic heterocycles. The van der Waals surface area contributed by atoms with Crippen LogP contribution in [0.5, 0.6) is 0 Å². The maximum atomic E-state index is 2.42. The SMILES string of the molecule is CC1=C(CC/C(C)=C/C=C/C(C)=C/C=C/C=C(C)/C=C/C=C(\C)CCC2=C(C)CCCC2(C)C)C(C)(C)C=CC1. The molecule has 0 spiro atoms. The molecule has 0 aliphatic heterocycles. The van der Waals surface area contributed by atoms with Crippen molar-refractivity contribution in [1.29, 1.82) is 0 Å². The molecule has 0 nitrogen and oxygen atoms in total. The van der Waals surface area contributed by atoms with Gasteiger partial charge in [0.1, 0.15) is 0 Å². The van der Waals surface area contributed by atoms with Crippen molar-refractivity contribution in [2.75, 3.05) is 0 Å². The fraction of sp³-hybridized carbons (Fsp3) is 0.500. The molecule has 0 heteroatoms. The van der Waals surface area contributed by atoms with E-state index in [9.17, 15) is 0 Å². The zero-order valence-corrected chi connectivity index (χ0v) is 27.6. The van der Waals surface area contributed by atoms with Crippen LogP contribution in [0.4, 0.5) is 0 Å². The summed E-state index contributed by atoms with van der Waals surface area (Å²) in [5, 5.41) is 0. The van der Waals surface area contributed by atoms with Crippen LogP contribution < -0.4 is 0 Å². The Hall–Kier alpha value is -2.60. The summed E-state index contributed by atoms with van der Waals surface area (Å²) < 4.78 is 0. The van der Waals surface area contributed by atoms with E-state index in [1.54, 1.807) is 22.3 Å². The average molecular weight is 539 g/mol. The fourth-order valence-electron chi connectivity index (χ4n) is 6.13. The van der Waals surface area contributed by atoms with Crippen LogP contribution in [0.2, 0.25) is 0 Å². The maximum Gasteiger partial charge on any atom is 0.00371 e. The van der Waals surface area contributed by atoms with Crippen molar-refractivity contribution >= 4 is 0 Å². The highest BCUT2D eigenvalue weighted by Gasteiger charge is 2.27. The van der Waals surface area contributed by atoms with Gasteiger partial charge in [-0.1, -0.05) is 145 Å². The highest BCUT2D eigenvalue weighted by molar-refractivity contribution is 5.33. The summed E-state index contributed by atoms with van der Waals surface area (Å²) in [7, 11) is 0. The third-order valence-electron chi connectivity index (χ3n) is 8.78. The van der Waals surface area contributed by atoms with Crippen LogP contribution in [-0.4, -0.2) is 0 Å². The highest BCUT2D eigenvalue weighted by Crippen LogP contribution is 2.42. The van der Waals surface area contributed by atoms with Crippen LogP contribution in [-0.2, 0) is 0 Å². The highest BCUT2D eigenvalue weighted by atomic mass is 14.3. The van der Waals surface area contributed by atoms with Gasteiger partial charge in [0.05, 0.1) is 0 Å². The van der Waals surface area contributed by atoms with Gasteiger partial charge in [-0.15, -0.1) is 0 Å². The lowest BCUT2D eigenvalue weighted by atomic mass is 9.71. The molecule has 2 aliphatic carbocycles. The first-order valence-electron chi connectivity index (χ1n) is 15.6. The lowest BCUT2D eigenvalue weighted by Gasteiger charge is -2.34. The second-order valence-corrected chi connectivity index (χ2v) is 13.5. The lowest BCUT2D eigenvalue weighted by Crippen LogP contribution is -2.20. The van der Waals surface area contributed by atoms with E-state index in [0.717, 1.165) is 25.7 Å². The molecule has 0 atom stereocenters. The first-order valence-corrected chi connectivity index (χ1v) is 15.6. The quantitative estimate of drug-likeness (QED) is 0.171. The van der Waals surface area contributed by atoms with E-state index < -0.39 is 0 Å². The third-order valence-corrected chi connectivity index (χ3v) is 8.78. The van der Waals surface area contributed by atoms with Gasteiger partial charge < -0.3 is 0 Å². The van der Waals surface area contributed by atoms with Crippen LogP contribution in [0, 0.1) is 10.8 Å². The molecule has 0 unspecified atom stereocenters. The summed E-state index contributed by atoms with van der Waals surface area (Å²) in [6.45, 7) is 23.0. The number of hydrogen-bond acceptors (Lipinski definition) is 0. The van der Waals surface area contributed by atoms with Crippen LogP contribution in [0.3, 0.4) is 0 Å². The standard InChI is InChI=1S/C40H58/c1-31(19-13-21-33(3)25-27-37-35(5)23-15-29-39(37,7)8)17-11-12-18-32(2)20-14-22-34(4)26-28-38-36(6)24-16-30-40(38,9)10/h11-15,17-22,29H,16,23-28,30H2,1-10H3/b12-11+,19-13+,20-14+,31-17+,32-18+,33-21+,34-22+. The fourth-order valence-corrected chi connectivity index (χ4v) is 6.13. The van der Waals surface area contributed by atoms with Gasteiger partial charge in [-0.05, 0) is 98.3 Å². The normalized spacial score (nSPS) is 21.1. The van der Waals surface area contributed by atoms with Gasteiger partial charge in [0.15, 0.2) is 0 Å². The molecular formula is C40H58. The molecule has 0 aromatic rings. The number of rotatable bonds is 12. The summed E-state index contributed by atoms with van der Waals surface area (Å²) in [5.41, 5.74) is 12.5. The Balaban J connectivity index is 1.80. The van der Waals surface area contributed by atoms with Crippen molar-refractivity contribution in [3.63, 3.8) is 0 Å². The van der Waals surface area contributed by atoms with Crippen LogP contribution in [0.1, 0.15) is 121 Å². The Morgan fingerprint density at radius 2 is 1.23 bits per heavy atom. The van der Waals surface area contributed by atoms with Gasteiger partial charge in [0, 0.05) is 5.41 Å². The number of allylic oxidation sites excluding steroid dienone is 20. The third kappa shape index (κ3) is 11.5. The van der Waals surface area contributed by atoms with Gasteiger partial charge in [-0.2, -0.15) is 0 Å². The Labute approximate surface area is 248 Å². The van der Waals surface area contributed by atoms with E-state index in [1.165, 1.54) is 48.0 Å². The minimum atomic E-state index is 0.200. The van der Waals surface area contributed by atoms with Crippen LogP contribution in [0.25, 0.3) is 0 Å². The molecule has 0 bridgehead atoms. The van der Waals surface area contributed by atoms with E-state index in [0.29, 0.717) is 5.41 Å². The van der Waals surface area contributed by atoms with Crippen molar-refractivity contribution in [1.82, 2.24) is 0 Å². The molecule has 0 aromatic carbocycles. The zero-order chi connectivity index (χ0) is 29.8.